The number of anilines is 1. The number of rotatable bonds is 7. The molecule has 1 atom stereocenters. The molecule has 1 saturated heterocycles. The van der Waals surface area contributed by atoms with E-state index >= 15 is 0 Å². The fourth-order valence-electron chi connectivity index (χ4n) is 6.60. The summed E-state index contributed by atoms with van der Waals surface area (Å²) in [5, 5.41) is 16.2. The van der Waals surface area contributed by atoms with E-state index in [1.807, 2.05) is 55.8 Å². The number of carbonyl (C=O) groups excluding carboxylic acids is 1. The molecule has 2 aromatic carbocycles. The number of hydrogen-bond acceptors (Lipinski definition) is 8. The van der Waals surface area contributed by atoms with Crippen molar-refractivity contribution >= 4 is 40.3 Å². The van der Waals surface area contributed by atoms with Crippen molar-refractivity contribution in [1.29, 1.82) is 0 Å². The predicted octanol–water partition coefficient (Wildman–Crippen LogP) is 5.37. The number of amides is 1. The zero-order valence-electron chi connectivity index (χ0n) is 25.9. The number of nitrogens with zero attached hydrogens (tertiary/aromatic N) is 5. The number of oxazole rings is 1. The number of carboxylic acid groups (broad SMARTS) is 1. The van der Waals surface area contributed by atoms with Crippen molar-refractivity contribution in [3.63, 3.8) is 0 Å². The van der Waals surface area contributed by atoms with Gasteiger partial charge in [-0.05, 0) is 67.3 Å². The normalized spacial score (nSPS) is 16.6. The van der Waals surface area contributed by atoms with Gasteiger partial charge in [0.2, 0.25) is 5.89 Å². The largest absolute Gasteiger partial charge is 0.481 e. The SMILES string of the molecule is Cc1c(NC(=O)c2nc3c(n2C)CCNC3)cccc1-c1cncc(-c2nc3cc(CN4CC[C@@H](C(=O)O)C4)cc(Cl)c3o2)c1C. The van der Waals surface area contributed by atoms with Gasteiger partial charge >= 0.3 is 5.97 Å². The van der Waals surface area contributed by atoms with E-state index in [9.17, 15) is 14.7 Å². The molecule has 0 saturated carbocycles. The van der Waals surface area contributed by atoms with Crippen LogP contribution < -0.4 is 10.6 Å². The molecule has 0 radical (unpaired) electrons. The summed E-state index contributed by atoms with van der Waals surface area (Å²) < 4.78 is 8.07. The van der Waals surface area contributed by atoms with Crippen molar-refractivity contribution in [1.82, 2.24) is 29.7 Å². The Balaban J connectivity index is 1.16. The third kappa shape index (κ3) is 5.44. The number of aromatic nitrogens is 4. The summed E-state index contributed by atoms with van der Waals surface area (Å²) >= 11 is 6.65. The van der Waals surface area contributed by atoms with Crippen molar-refractivity contribution in [2.24, 2.45) is 13.0 Å². The minimum absolute atomic E-state index is 0.255. The average Bonchev–Trinajstić information content (AvgIpc) is 3.77. The molecule has 3 aromatic heterocycles. The number of hydrogen-bond donors (Lipinski definition) is 3. The second kappa shape index (κ2) is 12.0. The third-order valence-electron chi connectivity index (χ3n) is 9.18. The predicted molar refractivity (Wildman–Crippen MR) is 175 cm³/mol. The van der Waals surface area contributed by atoms with E-state index in [-0.39, 0.29) is 11.8 Å². The molecule has 2 aliphatic heterocycles. The summed E-state index contributed by atoms with van der Waals surface area (Å²) in [7, 11) is 1.89. The molecule has 46 heavy (non-hydrogen) atoms. The molecule has 1 amide bonds. The van der Waals surface area contributed by atoms with E-state index in [0.717, 1.165) is 64.3 Å². The van der Waals surface area contributed by atoms with Crippen LogP contribution in [0.25, 0.3) is 33.7 Å². The number of aliphatic carboxylic acids is 1. The molecule has 5 heterocycles. The number of imidazole rings is 1. The van der Waals surface area contributed by atoms with Crippen LogP contribution >= 0.6 is 11.6 Å². The van der Waals surface area contributed by atoms with Crippen LogP contribution in [0.2, 0.25) is 5.02 Å². The number of carboxylic acids is 1. The number of carbonyl (C=O) groups is 2. The smallest absolute Gasteiger partial charge is 0.307 e. The molecule has 11 nitrogen and oxygen atoms in total. The zero-order valence-corrected chi connectivity index (χ0v) is 26.6. The van der Waals surface area contributed by atoms with Crippen LogP contribution in [0.15, 0.2) is 47.1 Å². The van der Waals surface area contributed by atoms with Gasteiger partial charge in [-0.25, -0.2) is 9.97 Å². The second-order valence-electron chi connectivity index (χ2n) is 12.1. The minimum atomic E-state index is -0.754. The van der Waals surface area contributed by atoms with Gasteiger partial charge in [0.15, 0.2) is 11.4 Å². The molecule has 1 fully saturated rings. The lowest BCUT2D eigenvalue weighted by molar-refractivity contribution is -0.141. The summed E-state index contributed by atoms with van der Waals surface area (Å²) in [6.07, 6.45) is 5.01. The van der Waals surface area contributed by atoms with E-state index in [0.29, 0.717) is 59.6 Å². The molecule has 0 spiro atoms. The maximum atomic E-state index is 13.3. The van der Waals surface area contributed by atoms with Crippen LogP contribution in [0, 0.1) is 19.8 Å². The van der Waals surface area contributed by atoms with Gasteiger partial charge in [0.25, 0.3) is 5.91 Å². The highest BCUT2D eigenvalue weighted by atomic mass is 35.5. The van der Waals surface area contributed by atoms with E-state index in [1.165, 1.54) is 0 Å². The van der Waals surface area contributed by atoms with Gasteiger partial charge in [0.05, 0.1) is 22.2 Å². The number of benzene rings is 2. The van der Waals surface area contributed by atoms with Gasteiger partial charge < -0.3 is 24.7 Å². The van der Waals surface area contributed by atoms with Crippen LogP contribution in [0.5, 0.6) is 0 Å². The van der Waals surface area contributed by atoms with E-state index in [1.54, 1.807) is 12.4 Å². The van der Waals surface area contributed by atoms with Crippen molar-refractivity contribution in [2.75, 3.05) is 25.0 Å². The van der Waals surface area contributed by atoms with Crippen LogP contribution in [0.1, 0.15) is 45.1 Å². The Morgan fingerprint density at radius 3 is 2.74 bits per heavy atom. The summed E-state index contributed by atoms with van der Waals surface area (Å²) in [6.45, 7) is 7.33. The summed E-state index contributed by atoms with van der Waals surface area (Å²) in [4.78, 5) is 40.8. The number of pyridine rings is 1. The summed E-state index contributed by atoms with van der Waals surface area (Å²) in [5.41, 5.74) is 9.13. The molecule has 0 unspecified atom stereocenters. The Morgan fingerprint density at radius 2 is 1.96 bits per heavy atom. The third-order valence-corrected chi connectivity index (χ3v) is 9.46. The van der Waals surface area contributed by atoms with Gasteiger partial charge in [-0.15, -0.1) is 0 Å². The van der Waals surface area contributed by atoms with Crippen molar-refractivity contribution in [3.05, 3.63) is 81.7 Å². The molecule has 12 heteroatoms. The van der Waals surface area contributed by atoms with Gasteiger partial charge in [-0.3, -0.25) is 19.5 Å². The number of halogens is 1. The molecule has 2 aliphatic rings. The highest BCUT2D eigenvalue weighted by Crippen LogP contribution is 2.37. The lowest BCUT2D eigenvalue weighted by atomic mass is 9.95. The van der Waals surface area contributed by atoms with Crippen molar-refractivity contribution in [3.8, 4) is 22.6 Å². The topological polar surface area (TPSA) is 138 Å². The number of nitrogens with one attached hydrogen (secondary N) is 2. The van der Waals surface area contributed by atoms with E-state index in [4.69, 9.17) is 21.0 Å². The van der Waals surface area contributed by atoms with Crippen LogP contribution in [-0.2, 0) is 31.4 Å². The van der Waals surface area contributed by atoms with Gasteiger partial charge in [-0.2, -0.15) is 0 Å². The standard InChI is InChI=1S/C34H34ClN7O4/c1-18-23(22-5-4-6-26(19(22)2)39-32(43)31-38-28-15-36-9-7-29(28)41(31)3)13-37-14-24(18)33-40-27-12-20(11-25(35)30(27)46-33)16-42-10-8-21(17-42)34(44)45/h4-6,11-14,21,36H,7-10,15-17H2,1-3H3,(H,39,43)(H,44,45)/t21-/m1/s1. The monoisotopic (exact) mass is 639 g/mol. The Morgan fingerprint density at radius 1 is 1.13 bits per heavy atom. The summed E-state index contributed by atoms with van der Waals surface area (Å²) in [6, 6.07) is 9.61. The van der Waals surface area contributed by atoms with Crippen LogP contribution in [0.3, 0.4) is 0 Å². The minimum Gasteiger partial charge on any atom is -0.481 e. The van der Waals surface area contributed by atoms with Gasteiger partial charge in [0, 0.05) is 69.0 Å². The Kier molecular flexibility index (Phi) is 7.83. The second-order valence-corrected chi connectivity index (χ2v) is 12.5. The number of fused-ring (bicyclic) bond motifs is 2. The molecular formula is C34H34ClN7O4. The lowest BCUT2D eigenvalue weighted by Gasteiger charge is -2.15. The number of likely N-dealkylation sites (tertiary alicyclic amines) is 1. The first-order valence-corrected chi connectivity index (χ1v) is 15.7. The maximum absolute atomic E-state index is 13.3. The fraction of sp³-hybridized carbons (Fsp3) is 0.324. The zero-order chi connectivity index (χ0) is 32.1. The molecule has 236 valence electrons. The molecule has 3 N–H and O–H groups in total. The lowest BCUT2D eigenvalue weighted by Crippen LogP contribution is -2.24. The molecule has 0 bridgehead atoms. The van der Waals surface area contributed by atoms with Crippen LogP contribution in [0.4, 0.5) is 5.69 Å². The molecule has 5 aromatic rings. The van der Waals surface area contributed by atoms with Crippen LogP contribution in [-0.4, -0.2) is 61.0 Å². The fourth-order valence-corrected chi connectivity index (χ4v) is 6.88. The van der Waals surface area contributed by atoms with E-state index in [2.05, 4.69) is 25.5 Å². The maximum Gasteiger partial charge on any atom is 0.307 e. The Hall–Kier alpha value is -4.58. The average molecular weight is 640 g/mol. The molecule has 0 aliphatic carbocycles. The molecular weight excluding hydrogens is 606 g/mol. The van der Waals surface area contributed by atoms with Gasteiger partial charge in [-0.1, -0.05) is 23.7 Å². The quantitative estimate of drug-likeness (QED) is 0.215. The highest BCUT2D eigenvalue weighted by Gasteiger charge is 2.28. The Bertz CT molecular complexity index is 2020. The first-order valence-electron chi connectivity index (χ1n) is 15.3. The first-order chi connectivity index (χ1) is 22.2. The van der Waals surface area contributed by atoms with E-state index < -0.39 is 5.97 Å². The highest BCUT2D eigenvalue weighted by molar-refractivity contribution is 6.34. The van der Waals surface area contributed by atoms with Crippen molar-refractivity contribution in [2.45, 2.75) is 39.8 Å². The van der Waals surface area contributed by atoms with Gasteiger partial charge in [0.1, 0.15) is 5.52 Å². The Labute approximate surface area is 270 Å². The first kappa shape index (κ1) is 30.1. The molecule has 7 rings (SSSR count). The summed E-state index contributed by atoms with van der Waals surface area (Å²) in [5.74, 6) is -0.556. The van der Waals surface area contributed by atoms with Crippen molar-refractivity contribution < 1.29 is 19.1 Å².